The highest BCUT2D eigenvalue weighted by molar-refractivity contribution is 5.90. The molecule has 0 amide bonds. The van der Waals surface area contributed by atoms with Gasteiger partial charge in [0, 0.05) is 24.0 Å². The Kier molecular flexibility index (Phi) is 4.90. The molecule has 0 bridgehead atoms. The first-order chi connectivity index (χ1) is 13.2. The highest BCUT2D eigenvalue weighted by Crippen LogP contribution is 2.35. The van der Waals surface area contributed by atoms with Crippen molar-refractivity contribution in [3.8, 4) is 5.75 Å². The standard InChI is InChI=1S/C21H22FN3O2/c1-27-20-11-16-18(12-17(20)22)23-13-24-21(16)25-9-5-8-15(25)10-19(26)14-6-3-2-4-7-14/h2-4,6-7,11-13,15,19,26H,5,8-10H2,1H3. The number of methoxy groups -OCH3 is 1. The maximum Gasteiger partial charge on any atom is 0.167 e. The van der Waals surface area contributed by atoms with Crippen LogP contribution in [0.4, 0.5) is 10.2 Å². The minimum Gasteiger partial charge on any atom is -0.494 e. The number of aliphatic hydroxyl groups is 1. The van der Waals surface area contributed by atoms with Crippen LogP contribution < -0.4 is 9.64 Å². The summed E-state index contributed by atoms with van der Waals surface area (Å²) in [5.41, 5.74) is 1.47. The summed E-state index contributed by atoms with van der Waals surface area (Å²) in [6.07, 6.45) is 3.56. The summed E-state index contributed by atoms with van der Waals surface area (Å²) in [5, 5.41) is 11.4. The third-order valence-electron chi connectivity index (χ3n) is 5.22. The maximum atomic E-state index is 14.0. The van der Waals surface area contributed by atoms with E-state index >= 15 is 0 Å². The van der Waals surface area contributed by atoms with Crippen molar-refractivity contribution in [2.24, 2.45) is 0 Å². The van der Waals surface area contributed by atoms with Crippen molar-refractivity contribution in [1.82, 2.24) is 9.97 Å². The van der Waals surface area contributed by atoms with Crippen molar-refractivity contribution in [1.29, 1.82) is 0 Å². The van der Waals surface area contributed by atoms with E-state index in [4.69, 9.17) is 4.74 Å². The first-order valence-electron chi connectivity index (χ1n) is 9.15. The number of fused-ring (bicyclic) bond motifs is 1. The van der Waals surface area contributed by atoms with Gasteiger partial charge in [-0.2, -0.15) is 0 Å². The monoisotopic (exact) mass is 367 g/mol. The summed E-state index contributed by atoms with van der Waals surface area (Å²) in [5.74, 6) is 0.506. The van der Waals surface area contributed by atoms with Gasteiger partial charge in [0.2, 0.25) is 0 Å². The second-order valence-corrected chi connectivity index (χ2v) is 6.85. The fourth-order valence-electron chi connectivity index (χ4n) is 3.86. The summed E-state index contributed by atoms with van der Waals surface area (Å²) in [6, 6.07) is 12.9. The van der Waals surface area contributed by atoms with Gasteiger partial charge in [-0.05, 0) is 30.9 Å². The molecule has 1 N–H and O–H groups in total. The second kappa shape index (κ2) is 7.48. The smallest absolute Gasteiger partial charge is 0.167 e. The van der Waals surface area contributed by atoms with Crippen LogP contribution in [-0.4, -0.2) is 34.8 Å². The van der Waals surface area contributed by atoms with E-state index in [0.717, 1.165) is 36.2 Å². The van der Waals surface area contributed by atoms with Gasteiger partial charge in [0.05, 0.1) is 18.7 Å². The van der Waals surface area contributed by atoms with Crippen molar-refractivity contribution in [3.63, 3.8) is 0 Å². The number of benzene rings is 2. The third-order valence-corrected chi connectivity index (χ3v) is 5.22. The Labute approximate surface area is 157 Å². The molecule has 0 saturated carbocycles. The minimum atomic E-state index is -0.531. The number of halogens is 1. The van der Waals surface area contributed by atoms with E-state index in [9.17, 15) is 9.50 Å². The van der Waals surface area contributed by atoms with Gasteiger partial charge < -0.3 is 14.7 Å². The predicted molar refractivity (Wildman–Crippen MR) is 102 cm³/mol. The molecule has 0 spiro atoms. The highest BCUT2D eigenvalue weighted by Gasteiger charge is 2.29. The Hall–Kier alpha value is -2.73. The second-order valence-electron chi connectivity index (χ2n) is 6.85. The summed E-state index contributed by atoms with van der Waals surface area (Å²) < 4.78 is 19.2. The zero-order valence-corrected chi connectivity index (χ0v) is 15.2. The maximum absolute atomic E-state index is 14.0. The van der Waals surface area contributed by atoms with Crippen LogP contribution in [0.3, 0.4) is 0 Å². The van der Waals surface area contributed by atoms with Gasteiger partial charge >= 0.3 is 0 Å². The number of aliphatic hydroxyl groups excluding tert-OH is 1. The SMILES string of the molecule is COc1cc2c(N3CCCC3CC(O)c3ccccc3)ncnc2cc1F. The van der Waals surface area contributed by atoms with Gasteiger partial charge in [0.1, 0.15) is 12.1 Å². The molecule has 3 aromatic rings. The van der Waals surface area contributed by atoms with Crippen LogP contribution in [-0.2, 0) is 0 Å². The van der Waals surface area contributed by atoms with Gasteiger partial charge in [-0.15, -0.1) is 0 Å². The quantitative estimate of drug-likeness (QED) is 0.742. The topological polar surface area (TPSA) is 58.5 Å². The van der Waals surface area contributed by atoms with Gasteiger partial charge in [-0.25, -0.2) is 14.4 Å². The van der Waals surface area contributed by atoms with E-state index in [-0.39, 0.29) is 11.8 Å². The lowest BCUT2D eigenvalue weighted by atomic mass is 10.0. The van der Waals surface area contributed by atoms with Crippen molar-refractivity contribution < 1.29 is 14.2 Å². The van der Waals surface area contributed by atoms with Gasteiger partial charge in [-0.3, -0.25) is 0 Å². The summed E-state index contributed by atoms with van der Waals surface area (Å²) >= 11 is 0. The Balaban J connectivity index is 1.65. The summed E-state index contributed by atoms with van der Waals surface area (Å²) in [6.45, 7) is 0.845. The number of hydrogen-bond acceptors (Lipinski definition) is 5. The molecule has 1 aliphatic rings. The third kappa shape index (κ3) is 3.45. The van der Waals surface area contributed by atoms with Crippen LogP contribution >= 0.6 is 0 Å². The molecule has 0 radical (unpaired) electrons. The Morgan fingerprint density at radius 1 is 1.26 bits per heavy atom. The lowest BCUT2D eigenvalue weighted by Crippen LogP contribution is -2.31. The molecular weight excluding hydrogens is 345 g/mol. The Bertz CT molecular complexity index is 935. The number of hydrogen-bond donors (Lipinski definition) is 1. The predicted octanol–water partition coefficient (Wildman–Crippen LogP) is 3.87. The van der Waals surface area contributed by atoms with Crippen molar-refractivity contribution in [2.45, 2.75) is 31.4 Å². The van der Waals surface area contributed by atoms with Crippen LogP contribution in [0.25, 0.3) is 10.9 Å². The minimum absolute atomic E-state index is 0.161. The number of ether oxygens (including phenoxy) is 1. The Morgan fingerprint density at radius 2 is 2.07 bits per heavy atom. The van der Waals surface area contributed by atoms with Gasteiger partial charge in [0.25, 0.3) is 0 Å². The Morgan fingerprint density at radius 3 is 2.85 bits per heavy atom. The molecule has 2 unspecified atom stereocenters. The van der Waals surface area contributed by atoms with E-state index in [0.29, 0.717) is 11.9 Å². The fourth-order valence-corrected chi connectivity index (χ4v) is 3.86. The van der Waals surface area contributed by atoms with E-state index in [1.807, 2.05) is 30.3 Å². The lowest BCUT2D eigenvalue weighted by Gasteiger charge is -2.28. The summed E-state index contributed by atoms with van der Waals surface area (Å²) in [4.78, 5) is 10.9. The van der Waals surface area contributed by atoms with Crippen LogP contribution in [0.15, 0.2) is 48.8 Å². The fraction of sp³-hybridized carbons (Fsp3) is 0.333. The average Bonchev–Trinajstić information content (AvgIpc) is 3.15. The first-order valence-corrected chi connectivity index (χ1v) is 9.15. The highest BCUT2D eigenvalue weighted by atomic mass is 19.1. The van der Waals surface area contributed by atoms with E-state index in [2.05, 4.69) is 14.9 Å². The number of rotatable bonds is 5. The molecule has 4 rings (SSSR count). The normalized spacial score (nSPS) is 18.0. The molecule has 5 nitrogen and oxygen atoms in total. The van der Waals surface area contributed by atoms with Gasteiger partial charge in [-0.1, -0.05) is 30.3 Å². The lowest BCUT2D eigenvalue weighted by molar-refractivity contribution is 0.158. The number of aromatic nitrogens is 2. The molecule has 2 heterocycles. The van der Waals surface area contributed by atoms with E-state index < -0.39 is 11.9 Å². The first kappa shape index (κ1) is 17.7. The van der Waals surface area contributed by atoms with Gasteiger partial charge in [0.15, 0.2) is 11.6 Å². The molecule has 1 aromatic heterocycles. The largest absolute Gasteiger partial charge is 0.494 e. The van der Waals surface area contributed by atoms with Crippen LogP contribution in [0.1, 0.15) is 30.9 Å². The molecule has 6 heteroatoms. The number of anilines is 1. The van der Waals surface area contributed by atoms with Crippen LogP contribution in [0.5, 0.6) is 5.75 Å². The van der Waals surface area contributed by atoms with Crippen molar-refractivity contribution in [2.75, 3.05) is 18.6 Å². The zero-order valence-electron chi connectivity index (χ0n) is 15.2. The molecule has 0 aliphatic carbocycles. The molecule has 1 fully saturated rings. The molecule has 140 valence electrons. The average molecular weight is 367 g/mol. The number of nitrogens with zero attached hydrogens (tertiary/aromatic N) is 3. The van der Waals surface area contributed by atoms with Crippen molar-refractivity contribution in [3.05, 3.63) is 60.2 Å². The summed E-state index contributed by atoms with van der Waals surface area (Å²) in [7, 11) is 1.45. The van der Waals surface area contributed by atoms with E-state index in [1.54, 1.807) is 6.07 Å². The molecule has 27 heavy (non-hydrogen) atoms. The molecule has 2 atom stereocenters. The van der Waals surface area contributed by atoms with Crippen LogP contribution in [0.2, 0.25) is 0 Å². The van der Waals surface area contributed by atoms with Crippen LogP contribution in [0, 0.1) is 5.82 Å². The van der Waals surface area contributed by atoms with E-state index in [1.165, 1.54) is 19.5 Å². The molecule has 1 saturated heterocycles. The zero-order chi connectivity index (χ0) is 18.8. The molecular formula is C21H22FN3O2. The molecule has 2 aromatic carbocycles. The molecule has 1 aliphatic heterocycles. The van der Waals surface area contributed by atoms with Crippen molar-refractivity contribution >= 4 is 16.7 Å².